The molecule has 1 aliphatic rings. The average Bonchev–Trinajstić information content (AvgIpc) is 2.87. The van der Waals surface area contributed by atoms with Crippen LogP contribution in [0.3, 0.4) is 0 Å². The minimum absolute atomic E-state index is 0.133. The van der Waals surface area contributed by atoms with Crippen molar-refractivity contribution in [2.75, 3.05) is 7.05 Å². The molecule has 1 saturated carbocycles. The Bertz CT molecular complexity index is 527. The van der Waals surface area contributed by atoms with Crippen LogP contribution in [-0.2, 0) is 15.9 Å². The van der Waals surface area contributed by atoms with Crippen LogP contribution in [0.2, 0.25) is 0 Å². The van der Waals surface area contributed by atoms with Crippen molar-refractivity contribution in [2.45, 2.75) is 49.4 Å². The van der Waals surface area contributed by atoms with Crippen LogP contribution in [-0.4, -0.2) is 25.8 Å². The molecule has 1 aromatic heterocycles. The van der Waals surface area contributed by atoms with Crippen molar-refractivity contribution in [1.29, 1.82) is 0 Å². The van der Waals surface area contributed by atoms with Crippen molar-refractivity contribution in [3.8, 4) is 0 Å². The van der Waals surface area contributed by atoms with E-state index in [1.54, 1.807) is 22.8 Å². The van der Waals surface area contributed by atoms with Crippen LogP contribution in [0.5, 0.6) is 0 Å². The number of thiophene rings is 1. The molecule has 1 aromatic rings. The fourth-order valence-corrected chi connectivity index (χ4v) is 5.43. The molecule has 0 amide bonds. The van der Waals surface area contributed by atoms with Crippen LogP contribution in [0.4, 0.5) is 0 Å². The number of rotatable bonds is 4. The number of hydrogen-bond donors (Lipinski definition) is 0. The summed E-state index contributed by atoms with van der Waals surface area (Å²) in [6, 6.07) is 1.82. The molecular weight excluding hydrogens is 302 g/mol. The third-order valence-electron chi connectivity index (χ3n) is 3.86. The van der Waals surface area contributed by atoms with E-state index in [1.165, 1.54) is 17.8 Å². The highest BCUT2D eigenvalue weighted by Gasteiger charge is 2.31. The normalized spacial score (nSPS) is 24.8. The molecule has 3 nitrogen and oxygen atoms in total. The van der Waals surface area contributed by atoms with E-state index >= 15 is 0 Å². The molecule has 2 unspecified atom stereocenters. The topological polar surface area (TPSA) is 37.4 Å². The zero-order chi connectivity index (χ0) is 14.0. The molecule has 6 heteroatoms. The summed E-state index contributed by atoms with van der Waals surface area (Å²) in [6.07, 6.45) is 4.25. The first-order chi connectivity index (χ1) is 8.95. The Labute approximate surface area is 124 Å². The fourth-order valence-electron chi connectivity index (χ4n) is 2.66. The first kappa shape index (κ1) is 15.3. The lowest BCUT2D eigenvalue weighted by atomic mass is 9.87. The van der Waals surface area contributed by atoms with Gasteiger partial charge in [-0.2, -0.15) is 4.31 Å². The smallest absolute Gasteiger partial charge is 0.207 e. The van der Waals surface area contributed by atoms with Gasteiger partial charge in [0.25, 0.3) is 0 Å². The lowest BCUT2D eigenvalue weighted by Crippen LogP contribution is -2.39. The van der Waals surface area contributed by atoms with E-state index in [4.69, 9.17) is 11.6 Å². The third-order valence-corrected chi connectivity index (χ3v) is 7.28. The molecule has 1 heterocycles. The van der Waals surface area contributed by atoms with Gasteiger partial charge in [-0.05, 0) is 24.8 Å². The van der Waals surface area contributed by atoms with Crippen LogP contribution in [0.25, 0.3) is 0 Å². The Morgan fingerprint density at radius 3 is 2.79 bits per heavy atom. The summed E-state index contributed by atoms with van der Waals surface area (Å²) in [5.41, 5.74) is 0. The first-order valence-corrected chi connectivity index (χ1v) is 9.42. The number of alkyl halides is 1. The molecule has 0 spiro atoms. The predicted molar refractivity (Wildman–Crippen MR) is 80.2 cm³/mol. The third kappa shape index (κ3) is 3.32. The molecule has 108 valence electrons. The van der Waals surface area contributed by atoms with E-state index in [0.29, 0.717) is 16.7 Å². The van der Waals surface area contributed by atoms with Gasteiger partial charge in [-0.15, -0.1) is 22.9 Å². The van der Waals surface area contributed by atoms with Gasteiger partial charge < -0.3 is 0 Å². The second-order valence-electron chi connectivity index (χ2n) is 5.33. The van der Waals surface area contributed by atoms with E-state index in [2.05, 4.69) is 6.92 Å². The molecule has 0 bridgehead atoms. The van der Waals surface area contributed by atoms with E-state index < -0.39 is 10.0 Å². The second-order valence-corrected chi connectivity index (χ2v) is 8.59. The SMILES string of the molecule is CC1CCCC(N(C)S(=O)(=O)c2csc(CCl)c2)C1. The van der Waals surface area contributed by atoms with Gasteiger partial charge >= 0.3 is 0 Å². The van der Waals surface area contributed by atoms with Gasteiger partial charge in [0, 0.05) is 23.3 Å². The molecule has 2 rings (SSSR count). The van der Waals surface area contributed by atoms with Gasteiger partial charge in [-0.3, -0.25) is 0 Å². The van der Waals surface area contributed by atoms with Crippen LogP contribution >= 0.6 is 22.9 Å². The fraction of sp³-hybridized carbons (Fsp3) is 0.692. The van der Waals surface area contributed by atoms with Crippen LogP contribution in [0.1, 0.15) is 37.5 Å². The summed E-state index contributed by atoms with van der Waals surface area (Å²) in [7, 11) is -1.66. The summed E-state index contributed by atoms with van der Waals surface area (Å²) in [5, 5.41) is 1.69. The van der Waals surface area contributed by atoms with Gasteiger partial charge in [-0.25, -0.2) is 8.42 Å². The molecular formula is C13H20ClNO2S2. The Kier molecular flexibility index (Phi) is 4.93. The van der Waals surface area contributed by atoms with E-state index in [0.717, 1.165) is 24.1 Å². The van der Waals surface area contributed by atoms with Gasteiger partial charge in [0.05, 0.1) is 10.8 Å². The summed E-state index contributed by atoms with van der Waals surface area (Å²) >= 11 is 7.14. The molecule has 1 fully saturated rings. The highest BCUT2D eigenvalue weighted by atomic mass is 35.5. The predicted octanol–water partition coefficient (Wildman–Crippen LogP) is 3.69. The minimum atomic E-state index is -3.37. The lowest BCUT2D eigenvalue weighted by molar-refractivity contribution is 0.239. The van der Waals surface area contributed by atoms with Crippen molar-refractivity contribution >= 4 is 33.0 Å². The van der Waals surface area contributed by atoms with Gasteiger partial charge in [0.1, 0.15) is 0 Å². The Morgan fingerprint density at radius 2 is 2.21 bits per heavy atom. The highest BCUT2D eigenvalue weighted by Crippen LogP contribution is 2.31. The molecule has 19 heavy (non-hydrogen) atoms. The Hall–Kier alpha value is -0.100. The largest absolute Gasteiger partial charge is 0.243 e. The zero-order valence-corrected chi connectivity index (χ0v) is 13.7. The van der Waals surface area contributed by atoms with E-state index in [9.17, 15) is 8.42 Å². The Balaban J connectivity index is 2.18. The quantitative estimate of drug-likeness (QED) is 0.793. The Morgan fingerprint density at radius 1 is 1.47 bits per heavy atom. The lowest BCUT2D eigenvalue weighted by Gasteiger charge is -2.33. The van der Waals surface area contributed by atoms with E-state index in [-0.39, 0.29) is 6.04 Å². The van der Waals surface area contributed by atoms with Crippen molar-refractivity contribution in [3.63, 3.8) is 0 Å². The van der Waals surface area contributed by atoms with Gasteiger partial charge in [-0.1, -0.05) is 19.8 Å². The first-order valence-electron chi connectivity index (χ1n) is 6.56. The standard InChI is InChI=1S/C13H20ClNO2S2/c1-10-4-3-5-11(6-10)15(2)19(16,17)13-7-12(8-14)18-9-13/h7,9-11H,3-6,8H2,1-2H3. The molecule has 1 aliphatic carbocycles. The summed E-state index contributed by atoms with van der Waals surface area (Å²) in [6.45, 7) is 2.20. The number of hydrogen-bond acceptors (Lipinski definition) is 3. The summed E-state index contributed by atoms with van der Waals surface area (Å²) in [5.74, 6) is 0.974. The maximum absolute atomic E-state index is 12.6. The number of nitrogens with zero attached hydrogens (tertiary/aromatic N) is 1. The van der Waals surface area contributed by atoms with Crippen molar-refractivity contribution in [3.05, 3.63) is 16.3 Å². The monoisotopic (exact) mass is 321 g/mol. The van der Waals surface area contributed by atoms with Gasteiger partial charge in [0.2, 0.25) is 10.0 Å². The maximum atomic E-state index is 12.6. The van der Waals surface area contributed by atoms with Crippen LogP contribution in [0.15, 0.2) is 16.3 Å². The van der Waals surface area contributed by atoms with E-state index in [1.807, 2.05) is 0 Å². The average molecular weight is 322 g/mol. The maximum Gasteiger partial charge on any atom is 0.243 e. The molecule has 0 N–H and O–H groups in total. The molecule has 0 radical (unpaired) electrons. The van der Waals surface area contributed by atoms with Crippen molar-refractivity contribution in [2.24, 2.45) is 5.92 Å². The van der Waals surface area contributed by atoms with Gasteiger partial charge in [0.15, 0.2) is 0 Å². The highest BCUT2D eigenvalue weighted by molar-refractivity contribution is 7.89. The summed E-state index contributed by atoms with van der Waals surface area (Å²) in [4.78, 5) is 1.28. The molecule has 0 saturated heterocycles. The zero-order valence-electron chi connectivity index (χ0n) is 11.3. The molecule has 0 aromatic carbocycles. The van der Waals surface area contributed by atoms with Crippen LogP contribution in [0, 0.1) is 5.92 Å². The number of sulfonamides is 1. The second kappa shape index (κ2) is 6.12. The van der Waals surface area contributed by atoms with Crippen molar-refractivity contribution < 1.29 is 8.42 Å². The summed E-state index contributed by atoms with van der Waals surface area (Å²) < 4.78 is 26.7. The number of halogens is 1. The molecule has 2 atom stereocenters. The molecule has 0 aliphatic heterocycles. The van der Waals surface area contributed by atoms with Crippen LogP contribution < -0.4 is 0 Å². The minimum Gasteiger partial charge on any atom is -0.207 e. The van der Waals surface area contributed by atoms with Crippen molar-refractivity contribution in [1.82, 2.24) is 4.31 Å².